The highest BCUT2D eigenvalue weighted by Gasteiger charge is 2.11. The summed E-state index contributed by atoms with van der Waals surface area (Å²) in [6.45, 7) is 0.530. The topological polar surface area (TPSA) is 84.1 Å². The van der Waals surface area contributed by atoms with Gasteiger partial charge < -0.3 is 16.0 Å². The van der Waals surface area contributed by atoms with Crippen LogP contribution in [0.25, 0.3) is 0 Å². The van der Waals surface area contributed by atoms with Crippen LogP contribution < -0.4 is 16.0 Å². The van der Waals surface area contributed by atoms with Crippen LogP contribution in [0.1, 0.15) is 15.5 Å². The molecular weight excluding hydrogens is 345 g/mol. The third kappa shape index (κ3) is 5.42. The summed E-state index contributed by atoms with van der Waals surface area (Å²) < 4.78 is 0. The number of hydrogen-bond acceptors (Lipinski definition) is 6. The number of aromatic nitrogens is 2. The summed E-state index contributed by atoms with van der Waals surface area (Å²) in [5.74, 6) is 0.253. The normalized spacial score (nSPS) is 9.41. The van der Waals surface area contributed by atoms with Crippen molar-refractivity contribution in [2.75, 3.05) is 30.9 Å². The fourth-order valence-corrected chi connectivity index (χ4v) is 2.35. The highest BCUT2D eigenvalue weighted by molar-refractivity contribution is 7.09. The van der Waals surface area contributed by atoms with Gasteiger partial charge in [0.15, 0.2) is 0 Å². The molecule has 0 bridgehead atoms. The molecule has 6 nitrogen and oxygen atoms in total. The van der Waals surface area contributed by atoms with E-state index in [0.717, 1.165) is 10.7 Å². The van der Waals surface area contributed by atoms with E-state index in [0.29, 0.717) is 24.5 Å². The second-order valence-electron chi connectivity index (χ2n) is 4.42. The minimum Gasteiger partial charge on any atom is -0.376 e. The molecular formula is C13H19Cl2N5OS. The van der Waals surface area contributed by atoms with Crippen LogP contribution in [0.15, 0.2) is 23.7 Å². The molecule has 0 unspecified atom stereocenters. The molecule has 122 valence electrons. The van der Waals surface area contributed by atoms with E-state index in [1.165, 1.54) is 11.3 Å². The Labute approximate surface area is 146 Å². The third-order valence-electron chi connectivity index (χ3n) is 2.65. The Hall–Kier alpha value is -1.41. The maximum Gasteiger partial charge on any atom is 0.276 e. The number of carbonyl (C=O) groups is 1. The Balaban J connectivity index is 0.00000220. The van der Waals surface area contributed by atoms with Gasteiger partial charge in [-0.05, 0) is 18.7 Å². The first-order valence-electron chi connectivity index (χ1n) is 6.19. The molecule has 9 heteroatoms. The quantitative estimate of drug-likeness (QED) is 0.850. The predicted octanol–water partition coefficient (Wildman–Crippen LogP) is 2.20. The maximum atomic E-state index is 12.0. The molecule has 0 radical (unpaired) electrons. The molecule has 2 aromatic rings. The molecule has 0 aromatic carbocycles. The lowest BCUT2D eigenvalue weighted by Crippen LogP contribution is -2.14. The largest absolute Gasteiger partial charge is 0.376 e. The number of pyridine rings is 1. The number of thiazole rings is 1. The zero-order chi connectivity index (χ0) is 14.5. The molecule has 0 aliphatic carbocycles. The summed E-state index contributed by atoms with van der Waals surface area (Å²) >= 11 is 1.44. The molecule has 0 saturated carbocycles. The zero-order valence-corrected chi connectivity index (χ0v) is 14.7. The number of nitrogens with zero attached hydrogens (tertiary/aromatic N) is 3. The van der Waals surface area contributed by atoms with E-state index in [4.69, 9.17) is 5.73 Å². The summed E-state index contributed by atoms with van der Waals surface area (Å²) in [4.78, 5) is 22.4. The fourth-order valence-electron chi connectivity index (χ4n) is 1.56. The minimum absolute atomic E-state index is 0. The standard InChI is InChI=1S/C13H17N5OS.2ClH/c1-18(2)9-3-4-11(15-7-9)17-13(19)10-8-20-12(16-10)5-6-14;;/h3-4,7-8H,5-6,14H2,1-2H3,(H,15,17,19);2*1H. The highest BCUT2D eigenvalue weighted by atomic mass is 35.5. The van der Waals surface area contributed by atoms with Gasteiger partial charge in [0.05, 0.1) is 16.9 Å². The Bertz CT molecular complexity index is 588. The van der Waals surface area contributed by atoms with Gasteiger partial charge in [0.25, 0.3) is 5.91 Å². The van der Waals surface area contributed by atoms with Crippen LogP contribution in [-0.2, 0) is 6.42 Å². The maximum absolute atomic E-state index is 12.0. The van der Waals surface area contributed by atoms with Gasteiger partial charge in [-0.2, -0.15) is 0 Å². The molecule has 0 atom stereocenters. The van der Waals surface area contributed by atoms with Crippen molar-refractivity contribution < 1.29 is 4.79 Å². The van der Waals surface area contributed by atoms with Gasteiger partial charge in [0, 0.05) is 25.9 Å². The summed E-state index contributed by atoms with van der Waals surface area (Å²) in [5, 5.41) is 5.32. The van der Waals surface area contributed by atoms with Crippen molar-refractivity contribution >= 4 is 53.6 Å². The third-order valence-corrected chi connectivity index (χ3v) is 3.56. The van der Waals surface area contributed by atoms with E-state index in [1.807, 2.05) is 25.1 Å². The number of nitrogens with two attached hydrogens (primary N) is 1. The van der Waals surface area contributed by atoms with Crippen molar-refractivity contribution in [1.29, 1.82) is 0 Å². The molecule has 2 rings (SSSR count). The average Bonchev–Trinajstić information content (AvgIpc) is 2.88. The van der Waals surface area contributed by atoms with E-state index < -0.39 is 0 Å². The van der Waals surface area contributed by atoms with Crippen LogP contribution in [0.2, 0.25) is 0 Å². The van der Waals surface area contributed by atoms with Gasteiger partial charge in [0.1, 0.15) is 11.5 Å². The molecule has 0 aliphatic rings. The van der Waals surface area contributed by atoms with Crippen molar-refractivity contribution in [2.24, 2.45) is 5.73 Å². The Kier molecular flexibility index (Phi) is 8.96. The lowest BCUT2D eigenvalue weighted by atomic mass is 10.3. The predicted molar refractivity (Wildman–Crippen MR) is 95.9 cm³/mol. The highest BCUT2D eigenvalue weighted by Crippen LogP contribution is 2.14. The van der Waals surface area contributed by atoms with Gasteiger partial charge in [-0.1, -0.05) is 0 Å². The van der Waals surface area contributed by atoms with Crippen molar-refractivity contribution in [3.63, 3.8) is 0 Å². The summed E-state index contributed by atoms with van der Waals surface area (Å²) in [6.07, 6.45) is 2.39. The van der Waals surface area contributed by atoms with Crippen molar-refractivity contribution in [3.8, 4) is 0 Å². The monoisotopic (exact) mass is 363 g/mol. The summed E-state index contributed by atoms with van der Waals surface area (Å²) in [5.41, 5.74) is 6.83. The number of anilines is 2. The smallest absolute Gasteiger partial charge is 0.276 e. The Morgan fingerprint density at radius 1 is 1.36 bits per heavy atom. The fraction of sp³-hybridized carbons (Fsp3) is 0.308. The van der Waals surface area contributed by atoms with E-state index in [9.17, 15) is 4.79 Å². The number of rotatable bonds is 5. The molecule has 2 heterocycles. The SMILES string of the molecule is CN(C)c1ccc(NC(=O)c2csc(CCN)n2)nc1.Cl.Cl. The number of halogens is 2. The molecule has 0 saturated heterocycles. The first kappa shape index (κ1) is 20.6. The van der Waals surface area contributed by atoms with Gasteiger partial charge in [-0.25, -0.2) is 9.97 Å². The Morgan fingerprint density at radius 2 is 2.09 bits per heavy atom. The van der Waals surface area contributed by atoms with Gasteiger partial charge >= 0.3 is 0 Å². The first-order chi connectivity index (χ1) is 9.60. The van der Waals surface area contributed by atoms with E-state index in [2.05, 4.69) is 15.3 Å². The summed E-state index contributed by atoms with van der Waals surface area (Å²) in [6, 6.07) is 3.66. The Morgan fingerprint density at radius 3 is 2.64 bits per heavy atom. The van der Waals surface area contributed by atoms with Crippen LogP contribution in [0.5, 0.6) is 0 Å². The second kappa shape index (κ2) is 9.58. The van der Waals surface area contributed by atoms with E-state index in [1.54, 1.807) is 17.6 Å². The number of amides is 1. The van der Waals surface area contributed by atoms with Crippen molar-refractivity contribution in [1.82, 2.24) is 9.97 Å². The molecule has 0 fully saturated rings. The van der Waals surface area contributed by atoms with Crippen LogP contribution in [0, 0.1) is 0 Å². The molecule has 1 amide bonds. The molecule has 2 aromatic heterocycles. The number of nitrogens with one attached hydrogen (secondary N) is 1. The second-order valence-corrected chi connectivity index (χ2v) is 5.36. The molecule has 0 spiro atoms. The van der Waals surface area contributed by atoms with Crippen LogP contribution >= 0.6 is 36.2 Å². The van der Waals surface area contributed by atoms with E-state index >= 15 is 0 Å². The van der Waals surface area contributed by atoms with Crippen LogP contribution in [0.4, 0.5) is 11.5 Å². The zero-order valence-electron chi connectivity index (χ0n) is 12.3. The van der Waals surface area contributed by atoms with Crippen molar-refractivity contribution in [3.05, 3.63) is 34.4 Å². The van der Waals surface area contributed by atoms with Gasteiger partial charge in [-0.15, -0.1) is 36.2 Å². The average molecular weight is 364 g/mol. The lowest BCUT2D eigenvalue weighted by Gasteiger charge is -2.11. The molecule has 3 N–H and O–H groups in total. The van der Waals surface area contributed by atoms with Crippen LogP contribution in [-0.4, -0.2) is 36.5 Å². The van der Waals surface area contributed by atoms with Gasteiger partial charge in [0.2, 0.25) is 0 Å². The molecule has 22 heavy (non-hydrogen) atoms. The van der Waals surface area contributed by atoms with E-state index in [-0.39, 0.29) is 30.7 Å². The first-order valence-corrected chi connectivity index (χ1v) is 7.07. The number of carbonyl (C=O) groups excluding carboxylic acids is 1. The van der Waals surface area contributed by atoms with Gasteiger partial charge in [-0.3, -0.25) is 4.79 Å². The lowest BCUT2D eigenvalue weighted by molar-refractivity contribution is 0.102. The van der Waals surface area contributed by atoms with Crippen LogP contribution in [0.3, 0.4) is 0 Å². The molecule has 0 aliphatic heterocycles. The number of hydrogen-bond donors (Lipinski definition) is 2. The van der Waals surface area contributed by atoms with Crippen molar-refractivity contribution in [2.45, 2.75) is 6.42 Å². The minimum atomic E-state index is -0.255. The summed E-state index contributed by atoms with van der Waals surface area (Å²) in [7, 11) is 3.87.